The quantitative estimate of drug-likeness (QED) is 0.368. The van der Waals surface area contributed by atoms with Crippen LogP contribution in [0.4, 0.5) is 0 Å². The summed E-state index contributed by atoms with van der Waals surface area (Å²) in [5.74, 6) is 0. The van der Waals surface area contributed by atoms with Gasteiger partial charge in [0.15, 0.2) is 0 Å². The third-order valence-corrected chi connectivity index (χ3v) is 1.92. The van der Waals surface area contributed by atoms with Gasteiger partial charge >= 0.3 is 0 Å². The summed E-state index contributed by atoms with van der Waals surface area (Å²) in [7, 11) is -1.08. The first-order valence-corrected chi connectivity index (χ1v) is 3.22. The summed E-state index contributed by atoms with van der Waals surface area (Å²) >= 11 is 4.54. The van der Waals surface area contributed by atoms with E-state index in [-0.39, 0.29) is 0 Å². The van der Waals surface area contributed by atoms with Crippen molar-refractivity contribution >= 4 is 27.3 Å². The molecule has 0 spiro atoms. The smallest absolute Gasteiger partial charge is 0.0196 e. The minimum absolute atomic E-state index is 0.347. The summed E-state index contributed by atoms with van der Waals surface area (Å²) in [5.41, 5.74) is 0. The van der Waals surface area contributed by atoms with Gasteiger partial charge in [0.05, 0.1) is 0 Å². The van der Waals surface area contributed by atoms with Gasteiger partial charge in [-0.1, -0.05) is 5.41 Å². The van der Waals surface area contributed by atoms with Gasteiger partial charge < -0.3 is 5.32 Å². The third kappa shape index (κ3) is 0.863. The second-order valence-corrected chi connectivity index (χ2v) is 2.88. The lowest BCUT2D eigenvalue weighted by molar-refractivity contribution is 0.695. The topological polar surface area (TPSA) is 29.1 Å². The Morgan fingerprint density at radius 3 is 2.86 bits per heavy atom. The van der Waals surface area contributed by atoms with E-state index < -0.39 is 10.8 Å². The van der Waals surface area contributed by atoms with E-state index in [9.17, 15) is 4.21 Å². The second kappa shape index (κ2) is 1.71. The highest BCUT2D eigenvalue weighted by molar-refractivity contribution is 8.15. The molecule has 0 saturated carbocycles. The standard InChI is InChI=1S/C3H2NOS2/c5-7-2-1-4-3(7)6/h2H,(H,4,6)/q-1. The Hall–Kier alpha value is -0.220. The number of thiocarbonyl (C=S) groups is 1. The van der Waals surface area contributed by atoms with Crippen molar-refractivity contribution in [3.05, 3.63) is 11.6 Å². The highest BCUT2D eigenvalue weighted by atomic mass is 32.2. The minimum Gasteiger partial charge on any atom is -0.507 e. The predicted octanol–water partition coefficient (Wildman–Crippen LogP) is -0.102. The lowest BCUT2D eigenvalue weighted by Crippen LogP contribution is -2.10. The van der Waals surface area contributed by atoms with Gasteiger partial charge in [0.2, 0.25) is 0 Å². The average Bonchev–Trinajstić information content (AvgIpc) is 1.91. The molecule has 1 rings (SSSR count). The summed E-state index contributed by atoms with van der Waals surface area (Å²) in [4.78, 5) is 0. The molecule has 0 fully saturated rings. The molecule has 0 aromatic heterocycles. The van der Waals surface area contributed by atoms with Crippen molar-refractivity contribution in [1.29, 1.82) is 0 Å². The zero-order chi connectivity index (χ0) is 5.28. The van der Waals surface area contributed by atoms with Crippen LogP contribution in [-0.4, -0.2) is 8.53 Å². The summed E-state index contributed by atoms with van der Waals surface area (Å²) in [6.45, 7) is 0. The highest BCUT2D eigenvalue weighted by Gasteiger charge is 1.91. The van der Waals surface area contributed by atoms with Crippen LogP contribution in [-0.2, 0) is 10.8 Å². The van der Waals surface area contributed by atoms with E-state index in [4.69, 9.17) is 0 Å². The SMILES string of the molecule is O=S1C=[C-]NC1=S. The molecule has 1 heterocycles. The summed E-state index contributed by atoms with van der Waals surface area (Å²) in [6.07, 6.45) is 2.51. The molecule has 0 saturated heterocycles. The van der Waals surface area contributed by atoms with E-state index in [1.807, 2.05) is 0 Å². The van der Waals surface area contributed by atoms with Crippen LogP contribution in [0.2, 0.25) is 0 Å². The molecule has 0 aromatic rings. The normalized spacial score (nSPS) is 28.0. The molecule has 38 valence electrons. The van der Waals surface area contributed by atoms with Crippen molar-refractivity contribution in [3.8, 4) is 0 Å². The van der Waals surface area contributed by atoms with E-state index in [1.165, 1.54) is 5.41 Å². The van der Waals surface area contributed by atoms with E-state index in [2.05, 4.69) is 23.7 Å². The first kappa shape index (κ1) is 4.93. The van der Waals surface area contributed by atoms with Gasteiger partial charge in [-0.05, 0) is 0 Å². The Bertz CT molecular complexity index is 151. The van der Waals surface area contributed by atoms with Crippen LogP contribution < -0.4 is 5.32 Å². The van der Waals surface area contributed by atoms with E-state index in [0.29, 0.717) is 4.32 Å². The first-order chi connectivity index (χ1) is 3.30. The fraction of sp³-hybridized carbons (Fsp3) is 0. The fourth-order valence-corrected chi connectivity index (χ4v) is 0.882. The summed E-state index contributed by atoms with van der Waals surface area (Å²) in [6, 6.07) is 0. The van der Waals surface area contributed by atoms with Gasteiger partial charge in [0, 0.05) is 15.1 Å². The molecular weight excluding hydrogens is 130 g/mol. The van der Waals surface area contributed by atoms with Crippen LogP contribution in [0.15, 0.2) is 5.41 Å². The molecule has 0 radical (unpaired) electrons. The molecule has 7 heavy (non-hydrogen) atoms. The van der Waals surface area contributed by atoms with Crippen molar-refractivity contribution in [2.24, 2.45) is 0 Å². The van der Waals surface area contributed by atoms with Gasteiger partial charge in [-0.3, -0.25) is 4.21 Å². The van der Waals surface area contributed by atoms with Gasteiger partial charge in [-0.2, -0.15) is 18.4 Å². The number of hydrogen-bond donors (Lipinski definition) is 1. The maximum atomic E-state index is 10.4. The van der Waals surface area contributed by atoms with Gasteiger partial charge in [0.1, 0.15) is 0 Å². The zero-order valence-electron chi connectivity index (χ0n) is 3.30. The molecule has 4 heteroatoms. The fourth-order valence-electron chi connectivity index (χ4n) is 0.246. The Kier molecular flexibility index (Phi) is 1.21. The van der Waals surface area contributed by atoms with Crippen molar-refractivity contribution in [1.82, 2.24) is 5.32 Å². The molecule has 1 aliphatic heterocycles. The summed E-state index contributed by atoms with van der Waals surface area (Å²) < 4.78 is 10.7. The number of rotatable bonds is 0. The molecule has 0 amide bonds. The largest absolute Gasteiger partial charge is 0.507 e. The Morgan fingerprint density at radius 2 is 2.71 bits per heavy atom. The Balaban J connectivity index is 2.81. The maximum Gasteiger partial charge on any atom is 0.0196 e. The number of nitrogens with one attached hydrogen (secondary N) is 1. The number of hydrogen-bond acceptors (Lipinski definition) is 2. The predicted molar refractivity (Wildman–Crippen MR) is 31.7 cm³/mol. The highest BCUT2D eigenvalue weighted by Crippen LogP contribution is 1.92. The average molecular weight is 132 g/mol. The van der Waals surface area contributed by atoms with Crippen molar-refractivity contribution in [2.75, 3.05) is 0 Å². The van der Waals surface area contributed by atoms with E-state index in [1.54, 1.807) is 0 Å². The molecule has 1 aliphatic rings. The van der Waals surface area contributed by atoms with Gasteiger partial charge in [-0.25, -0.2) is 0 Å². The molecule has 0 aromatic carbocycles. The molecule has 1 N–H and O–H groups in total. The van der Waals surface area contributed by atoms with E-state index in [0.717, 1.165) is 0 Å². The van der Waals surface area contributed by atoms with Crippen LogP contribution in [0.25, 0.3) is 0 Å². The Labute approximate surface area is 49.1 Å². The zero-order valence-corrected chi connectivity index (χ0v) is 4.94. The molecular formula is C3H2NOS2-. The molecule has 1 unspecified atom stereocenters. The van der Waals surface area contributed by atoms with Crippen LogP contribution >= 0.6 is 12.2 Å². The lowest BCUT2D eigenvalue weighted by atomic mass is 11.0. The first-order valence-electron chi connectivity index (χ1n) is 1.60. The van der Waals surface area contributed by atoms with Crippen LogP contribution in [0.1, 0.15) is 0 Å². The van der Waals surface area contributed by atoms with Crippen LogP contribution in [0.5, 0.6) is 0 Å². The molecule has 0 aliphatic carbocycles. The third-order valence-electron chi connectivity index (χ3n) is 0.523. The minimum atomic E-state index is -1.08. The van der Waals surface area contributed by atoms with Gasteiger partial charge in [0.25, 0.3) is 0 Å². The maximum absolute atomic E-state index is 10.4. The monoisotopic (exact) mass is 132 g/mol. The second-order valence-electron chi connectivity index (χ2n) is 0.972. The van der Waals surface area contributed by atoms with Crippen LogP contribution in [0, 0.1) is 6.20 Å². The Morgan fingerprint density at radius 1 is 2.00 bits per heavy atom. The lowest BCUT2D eigenvalue weighted by Gasteiger charge is -1.97. The molecule has 0 bridgehead atoms. The van der Waals surface area contributed by atoms with Crippen molar-refractivity contribution in [3.63, 3.8) is 0 Å². The van der Waals surface area contributed by atoms with Gasteiger partial charge in [-0.15, -0.1) is 0 Å². The van der Waals surface area contributed by atoms with Crippen molar-refractivity contribution in [2.45, 2.75) is 0 Å². The summed E-state index contributed by atoms with van der Waals surface area (Å²) in [5, 5.41) is 3.89. The molecule has 2 nitrogen and oxygen atoms in total. The van der Waals surface area contributed by atoms with E-state index >= 15 is 0 Å². The van der Waals surface area contributed by atoms with Crippen molar-refractivity contribution < 1.29 is 4.21 Å². The van der Waals surface area contributed by atoms with Crippen LogP contribution in [0.3, 0.4) is 0 Å². The molecule has 1 atom stereocenters.